The van der Waals surface area contributed by atoms with Crippen molar-refractivity contribution in [3.05, 3.63) is 204 Å². The van der Waals surface area contributed by atoms with Crippen LogP contribution in [-0.4, -0.2) is 9.13 Å². The van der Waals surface area contributed by atoms with E-state index in [0.29, 0.717) is 0 Å². The van der Waals surface area contributed by atoms with Crippen molar-refractivity contribution in [1.29, 1.82) is 0 Å². The quantitative estimate of drug-likeness (QED) is 0.168. The molecule has 0 atom stereocenters. The molecule has 2 aliphatic carbocycles. The van der Waals surface area contributed by atoms with Crippen LogP contribution in [0, 0.1) is 0 Å². The normalized spacial score (nSPS) is 14.6. The maximum Gasteiger partial charge on any atom is 0.0547 e. The van der Waals surface area contributed by atoms with Crippen LogP contribution in [0.3, 0.4) is 0 Å². The third-order valence-electron chi connectivity index (χ3n) is 14.9. The van der Waals surface area contributed by atoms with Gasteiger partial charge in [-0.05, 0) is 122 Å². The molecule has 2 aliphatic rings. The molecule has 3 aromatic heterocycles. The molecule has 298 valence electrons. The van der Waals surface area contributed by atoms with E-state index in [0.717, 1.165) is 0 Å². The lowest BCUT2D eigenvalue weighted by Gasteiger charge is -2.23. The van der Waals surface area contributed by atoms with Crippen LogP contribution in [0.25, 0.3) is 109 Å². The number of rotatable bonds is 3. The van der Waals surface area contributed by atoms with Gasteiger partial charge in [0.2, 0.25) is 0 Å². The topological polar surface area (TPSA) is 9.86 Å². The Balaban J connectivity index is 0.916. The molecule has 0 spiro atoms. The standard InChI is InChI=1S/C60H42N2S/c1-59(2)48-17-9-5-13-39(48)40-26-23-38(33-49(40)59)62-51-18-10-6-14-42(51)44-25-21-36(32-54(44)62)35-22-29-53-47(31-35)43-15-7-11-19-52(43)61(53)37-24-27-41-45-28-30-56-57(46-16-8-12-20-55(46)63-56)58(45)60(3,4)50(41)34-37/h5-34H,1-4H3. The second-order valence-electron chi connectivity index (χ2n) is 18.9. The summed E-state index contributed by atoms with van der Waals surface area (Å²) in [5, 5.41) is 7.85. The summed E-state index contributed by atoms with van der Waals surface area (Å²) in [5.41, 5.74) is 20.5. The zero-order chi connectivity index (χ0) is 41.9. The predicted molar refractivity (Wildman–Crippen MR) is 269 cm³/mol. The van der Waals surface area contributed by atoms with Crippen molar-refractivity contribution in [3.8, 4) is 44.8 Å². The second-order valence-corrected chi connectivity index (χ2v) is 20.0. The molecule has 3 heteroatoms. The summed E-state index contributed by atoms with van der Waals surface area (Å²) in [6.45, 7) is 9.58. The average molecular weight is 823 g/mol. The summed E-state index contributed by atoms with van der Waals surface area (Å²) < 4.78 is 7.69. The van der Waals surface area contributed by atoms with E-state index in [1.54, 1.807) is 0 Å². The Morgan fingerprint density at radius 2 is 0.889 bits per heavy atom. The van der Waals surface area contributed by atoms with E-state index >= 15 is 0 Å². The van der Waals surface area contributed by atoms with Crippen molar-refractivity contribution >= 4 is 75.1 Å². The molecule has 0 N–H and O–H groups in total. The van der Waals surface area contributed by atoms with Gasteiger partial charge in [0.25, 0.3) is 0 Å². The van der Waals surface area contributed by atoms with Crippen LogP contribution in [0.1, 0.15) is 49.9 Å². The van der Waals surface area contributed by atoms with Crippen LogP contribution in [0.5, 0.6) is 0 Å². The third kappa shape index (κ3) is 4.62. The molecule has 0 fully saturated rings. The van der Waals surface area contributed by atoms with Gasteiger partial charge in [-0.3, -0.25) is 0 Å². The summed E-state index contributed by atoms with van der Waals surface area (Å²) >= 11 is 1.91. The second kappa shape index (κ2) is 12.2. The summed E-state index contributed by atoms with van der Waals surface area (Å²) in [5.74, 6) is 0. The van der Waals surface area contributed by atoms with Gasteiger partial charge in [0.15, 0.2) is 0 Å². The fraction of sp³-hybridized carbons (Fsp3) is 0.100. The van der Waals surface area contributed by atoms with E-state index in [-0.39, 0.29) is 10.8 Å². The van der Waals surface area contributed by atoms with Crippen LogP contribution < -0.4 is 0 Å². The molecule has 9 aromatic carbocycles. The Kier molecular flexibility index (Phi) is 6.88. The number of fused-ring (bicyclic) bond motifs is 16. The van der Waals surface area contributed by atoms with Gasteiger partial charge in [-0.25, -0.2) is 0 Å². The highest BCUT2D eigenvalue weighted by Crippen LogP contribution is 2.55. The largest absolute Gasteiger partial charge is 0.309 e. The van der Waals surface area contributed by atoms with Gasteiger partial charge in [0.1, 0.15) is 0 Å². The molecule has 12 aromatic rings. The Bertz CT molecular complexity index is 3980. The van der Waals surface area contributed by atoms with Crippen molar-refractivity contribution in [3.63, 3.8) is 0 Å². The molecule has 2 nitrogen and oxygen atoms in total. The first kappa shape index (κ1) is 35.4. The highest BCUT2D eigenvalue weighted by Gasteiger charge is 2.39. The fourth-order valence-electron chi connectivity index (χ4n) is 11.9. The number of hydrogen-bond donors (Lipinski definition) is 0. The minimum atomic E-state index is -0.155. The third-order valence-corrected chi connectivity index (χ3v) is 16.0. The molecule has 0 amide bonds. The van der Waals surface area contributed by atoms with Crippen molar-refractivity contribution in [2.24, 2.45) is 0 Å². The highest BCUT2D eigenvalue weighted by atomic mass is 32.1. The van der Waals surface area contributed by atoms with Crippen molar-refractivity contribution in [2.45, 2.75) is 38.5 Å². The van der Waals surface area contributed by atoms with Gasteiger partial charge in [-0.15, -0.1) is 11.3 Å². The molecule has 0 unspecified atom stereocenters. The van der Waals surface area contributed by atoms with Crippen LogP contribution in [0.2, 0.25) is 0 Å². The van der Waals surface area contributed by atoms with E-state index in [1.807, 2.05) is 11.3 Å². The summed E-state index contributed by atoms with van der Waals surface area (Å²) in [4.78, 5) is 0. The van der Waals surface area contributed by atoms with Gasteiger partial charge in [0.05, 0.1) is 22.1 Å². The van der Waals surface area contributed by atoms with E-state index in [9.17, 15) is 0 Å². The van der Waals surface area contributed by atoms with Gasteiger partial charge in [-0.2, -0.15) is 0 Å². The maximum atomic E-state index is 2.48. The monoisotopic (exact) mass is 822 g/mol. The van der Waals surface area contributed by atoms with Gasteiger partial charge in [0, 0.05) is 63.9 Å². The Morgan fingerprint density at radius 3 is 1.67 bits per heavy atom. The lowest BCUT2D eigenvalue weighted by molar-refractivity contribution is 0.660. The molecule has 0 aliphatic heterocycles. The van der Waals surface area contributed by atoms with Crippen LogP contribution in [0.4, 0.5) is 0 Å². The predicted octanol–water partition coefficient (Wildman–Crippen LogP) is 16.5. The number of aromatic nitrogens is 2. The summed E-state index contributed by atoms with van der Waals surface area (Å²) in [6.07, 6.45) is 0. The summed E-state index contributed by atoms with van der Waals surface area (Å²) in [6, 6.07) is 68.8. The molecular weight excluding hydrogens is 781 g/mol. The molecule has 14 rings (SSSR count). The van der Waals surface area contributed by atoms with E-state index in [4.69, 9.17) is 0 Å². The molecule has 0 radical (unpaired) electrons. The van der Waals surface area contributed by atoms with Crippen molar-refractivity contribution in [1.82, 2.24) is 9.13 Å². The number of benzene rings is 9. The molecule has 3 heterocycles. The van der Waals surface area contributed by atoms with Gasteiger partial charge < -0.3 is 9.13 Å². The van der Waals surface area contributed by atoms with Crippen molar-refractivity contribution in [2.75, 3.05) is 0 Å². The Hall–Kier alpha value is -7.20. The van der Waals surface area contributed by atoms with E-state index in [2.05, 4.69) is 219 Å². The lowest BCUT2D eigenvalue weighted by atomic mass is 9.80. The van der Waals surface area contributed by atoms with Gasteiger partial charge >= 0.3 is 0 Å². The average Bonchev–Trinajstić information content (AvgIpc) is 4.07. The first-order chi connectivity index (χ1) is 30.8. The number of para-hydroxylation sites is 2. The van der Waals surface area contributed by atoms with E-state index < -0.39 is 0 Å². The number of thiophene rings is 1. The van der Waals surface area contributed by atoms with Gasteiger partial charge in [-0.1, -0.05) is 143 Å². The van der Waals surface area contributed by atoms with Crippen LogP contribution in [-0.2, 0) is 10.8 Å². The minimum Gasteiger partial charge on any atom is -0.309 e. The molecule has 0 bridgehead atoms. The first-order valence-corrected chi connectivity index (χ1v) is 23.0. The zero-order valence-corrected chi connectivity index (χ0v) is 36.4. The van der Waals surface area contributed by atoms with E-state index in [1.165, 1.54) is 131 Å². The molecular formula is C60H42N2S. The molecule has 63 heavy (non-hydrogen) atoms. The lowest BCUT2D eigenvalue weighted by Crippen LogP contribution is -2.15. The van der Waals surface area contributed by atoms with Crippen LogP contribution >= 0.6 is 11.3 Å². The number of nitrogens with zero attached hydrogens (tertiary/aromatic N) is 2. The Labute approximate surface area is 369 Å². The molecule has 0 saturated carbocycles. The first-order valence-electron chi connectivity index (χ1n) is 22.2. The zero-order valence-electron chi connectivity index (χ0n) is 35.6. The number of hydrogen-bond acceptors (Lipinski definition) is 1. The SMILES string of the molecule is CC1(C)c2ccccc2-c2ccc(-n3c4ccccc4c4ccc(-c5ccc6c(c5)c5ccccc5n6-c5ccc6c(c5)C(C)(C)c5c-6ccc6sc7ccccc7c56)cc43)cc21. The Morgan fingerprint density at radius 1 is 0.349 bits per heavy atom. The summed E-state index contributed by atoms with van der Waals surface area (Å²) in [7, 11) is 0. The highest BCUT2D eigenvalue weighted by molar-refractivity contribution is 7.25. The van der Waals surface area contributed by atoms with Crippen LogP contribution in [0.15, 0.2) is 182 Å². The van der Waals surface area contributed by atoms with Crippen molar-refractivity contribution < 1.29 is 0 Å². The maximum absolute atomic E-state index is 2.48. The fourth-order valence-corrected chi connectivity index (χ4v) is 13.1. The smallest absolute Gasteiger partial charge is 0.0547 e. The molecule has 0 saturated heterocycles. The minimum absolute atomic E-state index is 0.0758.